The normalized spacial score (nSPS) is 10.8. The molecule has 1 aromatic heterocycles. The Bertz CT molecular complexity index is 1170. The zero-order valence-corrected chi connectivity index (χ0v) is 16.5. The predicted octanol–water partition coefficient (Wildman–Crippen LogP) is 7.09. The average molecular weight is 410 g/mol. The minimum atomic E-state index is -0.321. The molecule has 0 fully saturated rings. The smallest absolute Gasteiger partial charge is 0.323 e. The maximum Gasteiger partial charge on any atom is 0.323 e. The van der Waals surface area contributed by atoms with E-state index in [-0.39, 0.29) is 6.03 Å². The Morgan fingerprint density at radius 2 is 1.57 bits per heavy atom. The van der Waals surface area contributed by atoms with Gasteiger partial charge in [-0.1, -0.05) is 41.4 Å². The first kappa shape index (κ1) is 18.4. The third-order valence-corrected chi connectivity index (χ3v) is 4.95. The van der Waals surface area contributed by atoms with Gasteiger partial charge in [-0.05, 0) is 66.6 Å². The summed E-state index contributed by atoms with van der Waals surface area (Å²) in [6.07, 6.45) is 0. The highest BCUT2D eigenvalue weighted by Gasteiger charge is 2.07. The van der Waals surface area contributed by atoms with Crippen molar-refractivity contribution in [3.8, 4) is 11.3 Å². The molecule has 140 valence electrons. The molecule has 0 saturated heterocycles. The van der Waals surface area contributed by atoms with E-state index in [1.807, 2.05) is 55.5 Å². The van der Waals surface area contributed by atoms with Crippen molar-refractivity contribution >= 4 is 51.5 Å². The molecule has 3 aromatic carbocycles. The number of hydrogen-bond acceptors (Lipinski definition) is 1. The Hall–Kier alpha value is -2.95. The van der Waals surface area contributed by atoms with Crippen LogP contribution in [0.5, 0.6) is 0 Å². The van der Waals surface area contributed by atoms with Crippen LogP contribution >= 0.6 is 23.2 Å². The van der Waals surface area contributed by atoms with Crippen molar-refractivity contribution < 1.29 is 4.79 Å². The van der Waals surface area contributed by atoms with E-state index in [0.717, 1.165) is 27.7 Å². The van der Waals surface area contributed by atoms with Crippen molar-refractivity contribution in [2.24, 2.45) is 0 Å². The number of halogens is 2. The first-order valence-corrected chi connectivity index (χ1v) is 9.46. The highest BCUT2D eigenvalue weighted by molar-refractivity contribution is 6.31. The Kier molecular flexibility index (Phi) is 4.99. The number of urea groups is 1. The van der Waals surface area contributed by atoms with Crippen LogP contribution in [0.4, 0.5) is 16.2 Å². The van der Waals surface area contributed by atoms with Gasteiger partial charge in [-0.25, -0.2) is 4.79 Å². The van der Waals surface area contributed by atoms with Gasteiger partial charge in [0.15, 0.2) is 0 Å². The Morgan fingerprint density at radius 1 is 0.857 bits per heavy atom. The lowest BCUT2D eigenvalue weighted by Crippen LogP contribution is -2.19. The first-order valence-electron chi connectivity index (χ1n) is 8.71. The number of aromatic nitrogens is 1. The molecule has 0 bridgehead atoms. The molecule has 3 N–H and O–H groups in total. The summed E-state index contributed by atoms with van der Waals surface area (Å²) in [7, 11) is 0. The fraction of sp³-hybridized carbons (Fsp3) is 0.0455. The molecule has 28 heavy (non-hydrogen) atoms. The number of hydrogen-bond donors (Lipinski definition) is 3. The Morgan fingerprint density at radius 3 is 2.36 bits per heavy atom. The number of aryl methyl sites for hydroxylation is 1. The van der Waals surface area contributed by atoms with Gasteiger partial charge in [0, 0.05) is 38.0 Å². The van der Waals surface area contributed by atoms with Crippen molar-refractivity contribution in [1.29, 1.82) is 0 Å². The third kappa shape index (κ3) is 3.98. The fourth-order valence-corrected chi connectivity index (χ4v) is 3.36. The Balaban J connectivity index is 1.48. The second kappa shape index (κ2) is 7.58. The van der Waals surface area contributed by atoms with Gasteiger partial charge >= 0.3 is 6.03 Å². The van der Waals surface area contributed by atoms with Crippen molar-refractivity contribution in [3.63, 3.8) is 0 Å². The molecule has 0 unspecified atom stereocenters. The molecule has 1 heterocycles. The van der Waals surface area contributed by atoms with Crippen LogP contribution in [0.15, 0.2) is 66.7 Å². The van der Waals surface area contributed by atoms with Crippen molar-refractivity contribution in [1.82, 2.24) is 4.98 Å². The van der Waals surface area contributed by atoms with E-state index in [1.54, 1.807) is 12.1 Å². The molecule has 4 aromatic rings. The predicted molar refractivity (Wildman–Crippen MR) is 118 cm³/mol. The molecule has 0 radical (unpaired) electrons. The second-order valence-corrected chi connectivity index (χ2v) is 7.40. The maximum absolute atomic E-state index is 12.3. The van der Waals surface area contributed by atoms with Gasteiger partial charge in [0.1, 0.15) is 0 Å². The highest BCUT2D eigenvalue weighted by Crippen LogP contribution is 2.27. The number of benzene rings is 3. The number of carbonyl (C=O) groups is 1. The lowest BCUT2D eigenvalue weighted by atomic mass is 10.1. The summed E-state index contributed by atoms with van der Waals surface area (Å²) in [4.78, 5) is 15.6. The number of rotatable bonds is 3. The van der Waals surface area contributed by atoms with Crippen molar-refractivity contribution in [2.75, 3.05) is 10.6 Å². The monoisotopic (exact) mass is 409 g/mol. The van der Waals surface area contributed by atoms with Gasteiger partial charge in [-0.15, -0.1) is 0 Å². The molecule has 0 saturated carbocycles. The molecule has 6 heteroatoms. The fourth-order valence-electron chi connectivity index (χ4n) is 3.01. The topological polar surface area (TPSA) is 56.9 Å². The van der Waals surface area contributed by atoms with Crippen LogP contribution in [0, 0.1) is 6.92 Å². The van der Waals surface area contributed by atoms with Gasteiger partial charge in [-0.2, -0.15) is 0 Å². The summed E-state index contributed by atoms with van der Waals surface area (Å²) in [5, 5.41) is 7.98. The highest BCUT2D eigenvalue weighted by atomic mass is 35.5. The number of amides is 2. The van der Waals surface area contributed by atoms with E-state index >= 15 is 0 Å². The minimum absolute atomic E-state index is 0.321. The second-order valence-electron chi connectivity index (χ2n) is 6.53. The van der Waals surface area contributed by atoms with Crippen molar-refractivity contribution in [2.45, 2.75) is 6.92 Å². The van der Waals surface area contributed by atoms with E-state index in [9.17, 15) is 4.79 Å². The zero-order valence-electron chi connectivity index (χ0n) is 15.0. The molecular formula is C22H17Cl2N3O. The molecule has 4 rings (SSSR count). The molecule has 0 spiro atoms. The van der Waals surface area contributed by atoms with Crippen LogP contribution in [0.1, 0.15) is 5.56 Å². The van der Waals surface area contributed by atoms with Gasteiger partial charge in [0.2, 0.25) is 0 Å². The quantitative estimate of drug-likeness (QED) is 0.332. The third-order valence-electron chi connectivity index (χ3n) is 4.48. The van der Waals surface area contributed by atoms with E-state index in [4.69, 9.17) is 23.2 Å². The lowest BCUT2D eigenvalue weighted by Gasteiger charge is -2.10. The van der Waals surface area contributed by atoms with E-state index in [0.29, 0.717) is 21.4 Å². The van der Waals surface area contributed by atoms with Crippen LogP contribution in [0.3, 0.4) is 0 Å². The van der Waals surface area contributed by atoms with Crippen LogP contribution < -0.4 is 10.6 Å². The average Bonchev–Trinajstić information content (AvgIpc) is 3.08. The summed E-state index contributed by atoms with van der Waals surface area (Å²) >= 11 is 12.0. The zero-order chi connectivity index (χ0) is 19.7. The van der Waals surface area contributed by atoms with Crippen LogP contribution in [-0.2, 0) is 0 Å². The summed E-state index contributed by atoms with van der Waals surface area (Å²) in [6, 6.07) is 20.5. The van der Waals surface area contributed by atoms with Gasteiger partial charge in [-0.3, -0.25) is 0 Å². The van der Waals surface area contributed by atoms with Crippen LogP contribution in [-0.4, -0.2) is 11.0 Å². The van der Waals surface area contributed by atoms with Gasteiger partial charge in [0.05, 0.1) is 0 Å². The first-order chi connectivity index (χ1) is 13.5. The molecule has 0 aliphatic heterocycles. The number of H-pyrrole nitrogens is 1. The number of carbonyl (C=O) groups excluding carboxylic acids is 1. The largest absolute Gasteiger partial charge is 0.355 e. The Labute approximate surface area is 172 Å². The van der Waals surface area contributed by atoms with E-state index in [1.165, 1.54) is 0 Å². The maximum atomic E-state index is 12.3. The summed E-state index contributed by atoms with van der Waals surface area (Å²) in [5.74, 6) is 0. The van der Waals surface area contributed by atoms with Crippen LogP contribution in [0.2, 0.25) is 10.0 Å². The number of anilines is 2. The molecule has 0 atom stereocenters. The lowest BCUT2D eigenvalue weighted by molar-refractivity contribution is 0.262. The molecular weight excluding hydrogens is 393 g/mol. The van der Waals surface area contributed by atoms with Gasteiger partial charge in [0.25, 0.3) is 0 Å². The molecule has 0 aliphatic rings. The number of aromatic amines is 1. The number of fused-ring (bicyclic) bond motifs is 1. The molecule has 0 aliphatic carbocycles. The van der Waals surface area contributed by atoms with Crippen LogP contribution in [0.25, 0.3) is 22.2 Å². The standard InChI is InChI=1S/C22H17Cl2N3O/c1-13-2-5-17(24)12-20(13)27-22(28)25-18-7-3-14(4-8-18)21-11-15-10-16(23)6-9-19(15)26-21/h2-12,26H,1H3,(H2,25,27,28). The molecule has 4 nitrogen and oxygen atoms in total. The number of nitrogens with one attached hydrogen (secondary N) is 3. The summed E-state index contributed by atoms with van der Waals surface area (Å²) in [5.41, 5.74) is 5.34. The van der Waals surface area contributed by atoms with Crippen molar-refractivity contribution in [3.05, 3.63) is 82.3 Å². The summed E-state index contributed by atoms with van der Waals surface area (Å²) in [6.45, 7) is 1.91. The molecule has 2 amide bonds. The van der Waals surface area contributed by atoms with E-state index in [2.05, 4.69) is 21.7 Å². The summed E-state index contributed by atoms with van der Waals surface area (Å²) < 4.78 is 0. The SMILES string of the molecule is Cc1ccc(Cl)cc1NC(=O)Nc1ccc(-c2cc3cc(Cl)ccc3[nH]2)cc1. The van der Waals surface area contributed by atoms with Gasteiger partial charge < -0.3 is 15.6 Å². The van der Waals surface area contributed by atoms with E-state index < -0.39 is 0 Å². The minimum Gasteiger partial charge on any atom is -0.355 e.